The Morgan fingerprint density at radius 3 is 2.31 bits per heavy atom. The first-order valence-electron chi connectivity index (χ1n) is 11.0. The Kier molecular flexibility index (Phi) is 7.77. The van der Waals surface area contributed by atoms with Crippen molar-refractivity contribution in [2.45, 2.75) is 84.7 Å². The van der Waals surface area contributed by atoms with Crippen molar-refractivity contribution in [1.82, 2.24) is 10.3 Å². The van der Waals surface area contributed by atoms with Crippen LogP contribution in [0.2, 0.25) is 23.2 Å². The first-order chi connectivity index (χ1) is 14.6. The van der Waals surface area contributed by atoms with Gasteiger partial charge in [0, 0.05) is 27.7 Å². The first-order valence-corrected chi connectivity index (χ1v) is 14.4. The number of hydrogen-bond donors (Lipinski definition) is 2. The van der Waals surface area contributed by atoms with Gasteiger partial charge < -0.3 is 19.8 Å². The quantitative estimate of drug-likeness (QED) is 0.420. The summed E-state index contributed by atoms with van der Waals surface area (Å²) in [6.45, 7) is 18.6. The number of aromatic amines is 1. The zero-order valence-corrected chi connectivity index (χ0v) is 22.5. The van der Waals surface area contributed by atoms with E-state index in [0.29, 0.717) is 5.02 Å². The molecule has 1 unspecified atom stereocenters. The number of ether oxygens (including phenoxy) is 2. The van der Waals surface area contributed by atoms with Crippen LogP contribution in [0.1, 0.15) is 54.0 Å². The summed E-state index contributed by atoms with van der Waals surface area (Å²) in [5.74, 6) is -0.490. The van der Waals surface area contributed by atoms with Gasteiger partial charge in [-0.1, -0.05) is 45.5 Å². The second-order valence-corrected chi connectivity index (χ2v) is 16.4. The molecule has 32 heavy (non-hydrogen) atoms. The lowest BCUT2D eigenvalue weighted by Gasteiger charge is -2.37. The topological polar surface area (TPSA) is 80.4 Å². The molecule has 1 aromatic carbocycles. The van der Waals surface area contributed by atoms with Gasteiger partial charge in [0.2, 0.25) is 0 Å². The molecular formula is C24H37ClN2O4Si. The number of carbonyl (C=O) groups excluding carboxylic acids is 2. The summed E-state index contributed by atoms with van der Waals surface area (Å²) in [6.07, 6.45) is -0.373. The highest BCUT2D eigenvalue weighted by Crippen LogP contribution is 2.37. The molecule has 0 aliphatic carbocycles. The molecule has 0 radical (unpaired) electrons. The van der Waals surface area contributed by atoms with Crippen molar-refractivity contribution in [3.8, 4) is 0 Å². The maximum atomic E-state index is 12.8. The van der Waals surface area contributed by atoms with Gasteiger partial charge in [0.1, 0.15) is 19.7 Å². The highest BCUT2D eigenvalue weighted by Gasteiger charge is 2.41. The van der Waals surface area contributed by atoms with E-state index in [1.807, 2.05) is 18.2 Å². The molecule has 1 amide bonds. The molecule has 178 valence electrons. The van der Waals surface area contributed by atoms with Crippen molar-refractivity contribution in [1.29, 1.82) is 0 Å². The van der Waals surface area contributed by atoms with E-state index < -0.39 is 31.8 Å². The minimum atomic E-state index is -2.02. The summed E-state index contributed by atoms with van der Waals surface area (Å²) in [4.78, 5) is 28.9. The Balaban J connectivity index is 2.58. The van der Waals surface area contributed by atoms with Crippen molar-refractivity contribution in [2.75, 3.05) is 6.61 Å². The minimum absolute atomic E-state index is 0.0600. The van der Waals surface area contributed by atoms with E-state index in [9.17, 15) is 9.59 Å². The number of hydrogen-bond acceptors (Lipinski definition) is 4. The highest BCUT2D eigenvalue weighted by molar-refractivity contribution is 6.92. The zero-order valence-electron chi connectivity index (χ0n) is 20.7. The second kappa shape index (κ2) is 9.47. The zero-order chi connectivity index (χ0) is 24.5. The average Bonchev–Trinajstić information content (AvgIpc) is 2.97. The van der Waals surface area contributed by atoms with Crippen LogP contribution >= 0.6 is 11.6 Å². The van der Waals surface area contributed by atoms with Gasteiger partial charge >= 0.3 is 12.1 Å². The van der Waals surface area contributed by atoms with Crippen LogP contribution in [0.5, 0.6) is 0 Å². The van der Waals surface area contributed by atoms with E-state index in [1.165, 1.54) is 0 Å². The standard InChI is InChI=1S/C24H37ClN2O4Si/c1-10-30-21(28)19(27-22(29)31-23(2,3)4)14-17-16-13-15(25)11-12-18(16)26-20(17)32(8,9)24(5,6)7/h11-13,19,26H,10,14H2,1-9H3,(H,27,29). The van der Waals surface area contributed by atoms with Crippen LogP contribution < -0.4 is 10.6 Å². The summed E-state index contributed by atoms with van der Waals surface area (Å²) >= 11 is 6.33. The summed E-state index contributed by atoms with van der Waals surface area (Å²) < 4.78 is 10.7. The molecule has 0 spiro atoms. The lowest BCUT2D eigenvalue weighted by atomic mass is 10.0. The Labute approximate surface area is 197 Å². The predicted molar refractivity (Wildman–Crippen MR) is 134 cm³/mol. The fourth-order valence-corrected chi connectivity index (χ4v) is 5.79. The van der Waals surface area contributed by atoms with E-state index in [0.717, 1.165) is 21.8 Å². The van der Waals surface area contributed by atoms with Crippen LogP contribution in [0.25, 0.3) is 10.9 Å². The summed E-state index contributed by atoms with van der Waals surface area (Å²) in [6, 6.07) is 4.83. The first kappa shape index (κ1) is 26.3. The van der Waals surface area contributed by atoms with Gasteiger partial charge in [0.05, 0.1) is 6.61 Å². The molecule has 6 nitrogen and oxygen atoms in total. The maximum absolute atomic E-state index is 12.8. The molecule has 2 aromatic rings. The fraction of sp³-hybridized carbons (Fsp3) is 0.583. The van der Waals surface area contributed by atoms with Gasteiger partial charge in [-0.2, -0.15) is 0 Å². The van der Waals surface area contributed by atoms with Crippen molar-refractivity contribution < 1.29 is 19.1 Å². The number of benzene rings is 1. The van der Waals surface area contributed by atoms with Gasteiger partial charge in [-0.15, -0.1) is 0 Å². The van der Waals surface area contributed by atoms with E-state index in [4.69, 9.17) is 21.1 Å². The van der Waals surface area contributed by atoms with Gasteiger partial charge in [-0.25, -0.2) is 9.59 Å². The lowest BCUT2D eigenvalue weighted by Crippen LogP contribution is -2.53. The van der Waals surface area contributed by atoms with Gasteiger partial charge in [0.25, 0.3) is 0 Å². The summed E-state index contributed by atoms with van der Waals surface area (Å²) in [5, 5.41) is 5.50. The summed E-state index contributed by atoms with van der Waals surface area (Å²) in [5.41, 5.74) is 1.27. The smallest absolute Gasteiger partial charge is 0.408 e. The number of H-pyrrole nitrogens is 1. The molecule has 0 fully saturated rings. The fourth-order valence-electron chi connectivity index (χ4n) is 3.43. The molecule has 0 saturated heterocycles. The number of halogens is 1. The summed E-state index contributed by atoms with van der Waals surface area (Å²) in [7, 11) is -2.02. The monoisotopic (exact) mass is 480 g/mol. The Hall–Kier alpha value is -1.99. The van der Waals surface area contributed by atoms with Crippen LogP contribution in [0.4, 0.5) is 4.79 Å². The highest BCUT2D eigenvalue weighted by atomic mass is 35.5. The van der Waals surface area contributed by atoms with E-state index in [1.54, 1.807) is 27.7 Å². The molecular weight excluding hydrogens is 444 g/mol. The van der Waals surface area contributed by atoms with Gasteiger partial charge in [-0.05, 0) is 56.5 Å². The van der Waals surface area contributed by atoms with Crippen LogP contribution in [0.15, 0.2) is 18.2 Å². The largest absolute Gasteiger partial charge is 0.464 e. The van der Waals surface area contributed by atoms with E-state index in [-0.39, 0.29) is 18.1 Å². The number of carbonyl (C=O) groups is 2. The van der Waals surface area contributed by atoms with Crippen molar-refractivity contribution in [2.24, 2.45) is 0 Å². The van der Waals surface area contributed by atoms with Gasteiger partial charge in [0.15, 0.2) is 0 Å². The van der Waals surface area contributed by atoms with Crippen LogP contribution in [-0.4, -0.2) is 43.4 Å². The predicted octanol–water partition coefficient (Wildman–Crippen LogP) is 5.54. The Morgan fingerprint density at radius 2 is 1.78 bits per heavy atom. The Morgan fingerprint density at radius 1 is 1.16 bits per heavy atom. The third kappa shape index (κ3) is 6.07. The molecule has 1 atom stereocenters. The SMILES string of the molecule is CCOC(=O)C(Cc1c([Si](C)(C)C(C)(C)C)[nH]c2ccc(Cl)cc12)NC(=O)OC(C)(C)C. The lowest BCUT2D eigenvalue weighted by molar-refractivity contribution is -0.145. The second-order valence-electron chi connectivity index (χ2n) is 10.7. The third-order valence-electron chi connectivity index (χ3n) is 6.04. The number of amides is 1. The number of nitrogens with one attached hydrogen (secondary N) is 2. The average molecular weight is 481 g/mol. The molecule has 0 saturated carbocycles. The van der Waals surface area contributed by atoms with E-state index >= 15 is 0 Å². The van der Waals surface area contributed by atoms with Crippen molar-refractivity contribution in [3.63, 3.8) is 0 Å². The normalized spacial score (nSPS) is 13.7. The van der Waals surface area contributed by atoms with Crippen LogP contribution in [-0.2, 0) is 20.7 Å². The van der Waals surface area contributed by atoms with E-state index in [2.05, 4.69) is 44.2 Å². The number of aromatic nitrogens is 1. The number of fused-ring (bicyclic) bond motifs is 1. The number of alkyl carbamates (subject to hydrolysis) is 1. The van der Waals surface area contributed by atoms with Gasteiger partial charge in [-0.3, -0.25) is 0 Å². The van der Waals surface area contributed by atoms with Crippen molar-refractivity contribution >= 4 is 48.0 Å². The van der Waals surface area contributed by atoms with Crippen molar-refractivity contribution in [3.05, 3.63) is 28.8 Å². The number of esters is 1. The molecule has 0 aliphatic rings. The maximum Gasteiger partial charge on any atom is 0.408 e. The molecule has 8 heteroatoms. The third-order valence-corrected chi connectivity index (χ3v) is 11.7. The molecule has 1 heterocycles. The molecule has 1 aromatic heterocycles. The molecule has 2 rings (SSSR count). The molecule has 2 N–H and O–H groups in total. The Bertz CT molecular complexity index is 986. The van der Waals surface area contributed by atoms with Crippen LogP contribution in [0, 0.1) is 0 Å². The molecule has 0 bridgehead atoms. The minimum Gasteiger partial charge on any atom is -0.464 e. The number of rotatable bonds is 6. The molecule has 0 aliphatic heterocycles. The van der Waals surface area contributed by atoms with Crippen LogP contribution in [0.3, 0.4) is 0 Å².